The fraction of sp³-hybridized carbons (Fsp3) is 0.826. The van der Waals surface area contributed by atoms with Crippen molar-refractivity contribution in [2.24, 2.45) is 17.8 Å². The Balaban J connectivity index is 1.43. The molecule has 1 heterocycles. The third-order valence-electron chi connectivity index (χ3n) is 6.92. The number of rotatable bonds is 7. The van der Waals surface area contributed by atoms with E-state index in [1.807, 2.05) is 0 Å². The van der Waals surface area contributed by atoms with Gasteiger partial charge in [0.25, 0.3) is 0 Å². The predicted octanol–water partition coefficient (Wildman–Crippen LogP) is 6.70. The van der Waals surface area contributed by atoms with Gasteiger partial charge in [0.05, 0.1) is 0 Å². The molecule has 0 N–H and O–H groups in total. The second-order valence-electron chi connectivity index (χ2n) is 8.73. The van der Waals surface area contributed by atoms with Gasteiger partial charge in [-0.3, -0.25) is 0 Å². The van der Waals surface area contributed by atoms with Crippen LogP contribution in [0.3, 0.4) is 0 Å². The van der Waals surface area contributed by atoms with Crippen LogP contribution >= 0.6 is 0 Å². The minimum Gasteiger partial charge on any atom is -0.241 e. The predicted molar refractivity (Wildman–Crippen MR) is 106 cm³/mol. The molecule has 0 aliphatic heterocycles. The summed E-state index contributed by atoms with van der Waals surface area (Å²) in [4.78, 5) is 9.37. The Kier molecular flexibility index (Phi) is 7.31. The monoisotopic (exact) mass is 342 g/mol. The van der Waals surface area contributed by atoms with Gasteiger partial charge in [-0.1, -0.05) is 52.4 Å². The molecule has 0 unspecified atom stereocenters. The topological polar surface area (TPSA) is 25.8 Å². The Bertz CT molecular complexity index is 479. The summed E-state index contributed by atoms with van der Waals surface area (Å²) in [6.07, 6.45) is 22.2. The van der Waals surface area contributed by atoms with Gasteiger partial charge in [-0.2, -0.15) is 0 Å². The summed E-state index contributed by atoms with van der Waals surface area (Å²) in [6.45, 7) is 4.54. The highest BCUT2D eigenvalue weighted by atomic mass is 14.9. The molecule has 0 amide bonds. The van der Waals surface area contributed by atoms with Crippen molar-refractivity contribution in [1.82, 2.24) is 9.97 Å². The van der Waals surface area contributed by atoms with Crippen LogP contribution in [0.25, 0.3) is 0 Å². The van der Waals surface area contributed by atoms with E-state index < -0.39 is 0 Å². The highest BCUT2D eigenvalue weighted by molar-refractivity contribution is 5.08. The average molecular weight is 343 g/mol. The molecule has 1 aromatic heterocycles. The van der Waals surface area contributed by atoms with Crippen molar-refractivity contribution in [2.45, 2.75) is 103 Å². The van der Waals surface area contributed by atoms with Gasteiger partial charge in [-0.15, -0.1) is 0 Å². The van der Waals surface area contributed by atoms with Gasteiger partial charge in [-0.05, 0) is 68.3 Å². The molecule has 2 nitrogen and oxygen atoms in total. The number of hydrogen-bond acceptors (Lipinski definition) is 2. The number of aryl methyl sites for hydroxylation is 1. The van der Waals surface area contributed by atoms with Gasteiger partial charge in [-0.25, -0.2) is 9.97 Å². The van der Waals surface area contributed by atoms with Crippen molar-refractivity contribution in [3.63, 3.8) is 0 Å². The Morgan fingerprint density at radius 3 is 1.96 bits per heavy atom. The number of hydrogen-bond donors (Lipinski definition) is 0. The zero-order chi connectivity index (χ0) is 17.5. The highest BCUT2D eigenvalue weighted by Gasteiger charge is 2.31. The van der Waals surface area contributed by atoms with Crippen LogP contribution in [0.2, 0.25) is 0 Å². The normalized spacial score (nSPS) is 30.3. The fourth-order valence-corrected chi connectivity index (χ4v) is 5.28. The summed E-state index contributed by atoms with van der Waals surface area (Å²) < 4.78 is 0. The SMILES string of the molecule is CCCC[C@H]1CC[C@H](C2CCC(c3ncc(CCC)cn3)CC2)CC1. The molecule has 140 valence electrons. The molecule has 0 saturated heterocycles. The summed E-state index contributed by atoms with van der Waals surface area (Å²) in [5.74, 6) is 4.78. The highest BCUT2D eigenvalue weighted by Crippen LogP contribution is 2.43. The molecule has 1 aromatic rings. The number of nitrogens with zero attached hydrogens (tertiary/aromatic N) is 2. The van der Waals surface area contributed by atoms with Crippen molar-refractivity contribution >= 4 is 0 Å². The quantitative estimate of drug-likeness (QED) is 0.551. The molecular weight excluding hydrogens is 304 g/mol. The third-order valence-corrected chi connectivity index (χ3v) is 6.92. The first-order valence-corrected chi connectivity index (χ1v) is 11.1. The lowest BCUT2D eigenvalue weighted by molar-refractivity contribution is 0.154. The molecule has 0 aromatic carbocycles. The fourth-order valence-electron chi connectivity index (χ4n) is 5.28. The van der Waals surface area contributed by atoms with Gasteiger partial charge in [0.2, 0.25) is 0 Å². The van der Waals surface area contributed by atoms with Crippen LogP contribution in [0, 0.1) is 17.8 Å². The second-order valence-corrected chi connectivity index (χ2v) is 8.73. The maximum absolute atomic E-state index is 4.69. The maximum Gasteiger partial charge on any atom is 0.131 e. The van der Waals surface area contributed by atoms with E-state index in [0.29, 0.717) is 5.92 Å². The van der Waals surface area contributed by atoms with Crippen LogP contribution in [0.4, 0.5) is 0 Å². The Hall–Kier alpha value is -0.920. The van der Waals surface area contributed by atoms with E-state index in [0.717, 1.165) is 30.0 Å². The van der Waals surface area contributed by atoms with Crippen molar-refractivity contribution in [1.29, 1.82) is 0 Å². The van der Waals surface area contributed by atoms with Gasteiger partial charge >= 0.3 is 0 Å². The third kappa shape index (κ3) is 5.28. The molecule has 0 bridgehead atoms. The van der Waals surface area contributed by atoms with Gasteiger partial charge in [0.15, 0.2) is 0 Å². The zero-order valence-electron chi connectivity index (χ0n) is 16.6. The smallest absolute Gasteiger partial charge is 0.131 e. The van der Waals surface area contributed by atoms with Crippen molar-refractivity contribution in [3.8, 4) is 0 Å². The summed E-state index contributed by atoms with van der Waals surface area (Å²) >= 11 is 0. The molecule has 2 aliphatic carbocycles. The van der Waals surface area contributed by atoms with E-state index in [2.05, 4.69) is 36.2 Å². The molecular formula is C23H38N2. The molecule has 0 spiro atoms. The number of unbranched alkanes of at least 4 members (excludes halogenated alkanes) is 1. The largest absolute Gasteiger partial charge is 0.241 e. The van der Waals surface area contributed by atoms with Crippen molar-refractivity contribution < 1.29 is 0 Å². The molecule has 2 fully saturated rings. The molecule has 2 saturated carbocycles. The van der Waals surface area contributed by atoms with Crippen LogP contribution < -0.4 is 0 Å². The molecule has 2 heteroatoms. The lowest BCUT2D eigenvalue weighted by Gasteiger charge is -2.37. The van der Waals surface area contributed by atoms with E-state index in [4.69, 9.17) is 0 Å². The molecule has 2 aliphatic rings. The second kappa shape index (κ2) is 9.69. The zero-order valence-corrected chi connectivity index (χ0v) is 16.6. The Morgan fingerprint density at radius 1 is 0.800 bits per heavy atom. The first-order chi connectivity index (χ1) is 12.3. The van der Waals surface area contributed by atoms with E-state index >= 15 is 0 Å². The van der Waals surface area contributed by atoms with E-state index in [-0.39, 0.29) is 0 Å². The average Bonchev–Trinajstić information content (AvgIpc) is 2.68. The first kappa shape index (κ1) is 18.9. The standard InChI is InChI=1S/C23H38N2/c1-3-5-7-18-8-10-20(11-9-18)21-12-14-22(15-13-21)23-24-16-19(6-4-2)17-25-23/h16-18,20-22H,3-15H2,1-2H3/t18-,20-,21?,22?. The lowest BCUT2D eigenvalue weighted by atomic mass is 9.68. The lowest BCUT2D eigenvalue weighted by Crippen LogP contribution is -2.25. The summed E-state index contributed by atoms with van der Waals surface area (Å²) in [7, 11) is 0. The summed E-state index contributed by atoms with van der Waals surface area (Å²) in [5.41, 5.74) is 1.29. The van der Waals surface area contributed by atoms with Gasteiger partial charge in [0.1, 0.15) is 5.82 Å². The van der Waals surface area contributed by atoms with Crippen LogP contribution in [0.15, 0.2) is 12.4 Å². The minimum absolute atomic E-state index is 0.618. The van der Waals surface area contributed by atoms with Crippen LogP contribution in [-0.4, -0.2) is 9.97 Å². The van der Waals surface area contributed by atoms with E-state index in [1.165, 1.54) is 82.6 Å². The molecule has 3 rings (SSSR count). The molecule has 25 heavy (non-hydrogen) atoms. The van der Waals surface area contributed by atoms with Crippen LogP contribution in [0.1, 0.15) is 108 Å². The molecule has 0 atom stereocenters. The van der Waals surface area contributed by atoms with Crippen LogP contribution in [-0.2, 0) is 6.42 Å². The summed E-state index contributed by atoms with van der Waals surface area (Å²) in [6, 6.07) is 0. The van der Waals surface area contributed by atoms with Crippen molar-refractivity contribution in [2.75, 3.05) is 0 Å². The van der Waals surface area contributed by atoms with Crippen LogP contribution in [0.5, 0.6) is 0 Å². The van der Waals surface area contributed by atoms with Gasteiger partial charge < -0.3 is 0 Å². The van der Waals surface area contributed by atoms with E-state index in [9.17, 15) is 0 Å². The molecule has 0 radical (unpaired) electrons. The van der Waals surface area contributed by atoms with Gasteiger partial charge in [0, 0.05) is 18.3 Å². The Morgan fingerprint density at radius 2 is 1.40 bits per heavy atom. The maximum atomic E-state index is 4.69. The summed E-state index contributed by atoms with van der Waals surface area (Å²) in [5, 5.41) is 0. The minimum atomic E-state index is 0.618. The van der Waals surface area contributed by atoms with E-state index in [1.54, 1.807) is 0 Å². The van der Waals surface area contributed by atoms with Crippen molar-refractivity contribution in [3.05, 3.63) is 23.8 Å². The first-order valence-electron chi connectivity index (χ1n) is 11.1. The Labute approximate surface area is 155 Å². The number of aromatic nitrogens is 2.